The van der Waals surface area contributed by atoms with E-state index in [1.54, 1.807) is 10.8 Å². The summed E-state index contributed by atoms with van der Waals surface area (Å²) in [6.07, 6.45) is 2.44. The Labute approximate surface area is 137 Å². The summed E-state index contributed by atoms with van der Waals surface area (Å²) >= 11 is 4.59. The SMILES string of the molecule is CS(=O)(=O)NCC1CCN(S(=O)(=O)c2cscc2Br)CC1. The maximum absolute atomic E-state index is 12.5. The normalized spacial score (nSPS) is 19.0. The van der Waals surface area contributed by atoms with Gasteiger partial charge in [0.15, 0.2) is 0 Å². The van der Waals surface area contributed by atoms with Crippen LogP contribution in [-0.2, 0) is 20.0 Å². The van der Waals surface area contributed by atoms with Crippen LogP contribution in [0.5, 0.6) is 0 Å². The van der Waals surface area contributed by atoms with E-state index < -0.39 is 20.0 Å². The molecule has 6 nitrogen and oxygen atoms in total. The molecular formula is C11H17BrN2O4S3. The summed E-state index contributed by atoms with van der Waals surface area (Å²) in [6, 6.07) is 0. The molecule has 0 bridgehead atoms. The van der Waals surface area contributed by atoms with E-state index in [0.29, 0.717) is 41.8 Å². The molecule has 0 amide bonds. The Morgan fingerprint density at radius 1 is 1.29 bits per heavy atom. The second-order valence-electron chi connectivity index (χ2n) is 5.05. The van der Waals surface area contributed by atoms with E-state index in [1.807, 2.05) is 0 Å². The number of rotatable bonds is 5. The van der Waals surface area contributed by atoms with E-state index in [2.05, 4.69) is 20.7 Å². The molecule has 1 aromatic rings. The number of hydrogen-bond donors (Lipinski definition) is 1. The highest BCUT2D eigenvalue weighted by atomic mass is 79.9. The summed E-state index contributed by atoms with van der Waals surface area (Å²) in [7, 11) is -6.65. The lowest BCUT2D eigenvalue weighted by atomic mass is 9.99. The Kier molecular flexibility index (Phi) is 5.48. The molecular weight excluding hydrogens is 400 g/mol. The van der Waals surface area contributed by atoms with Crippen molar-refractivity contribution in [2.45, 2.75) is 17.7 Å². The van der Waals surface area contributed by atoms with Crippen molar-refractivity contribution in [3.05, 3.63) is 15.2 Å². The molecule has 21 heavy (non-hydrogen) atoms. The van der Waals surface area contributed by atoms with Gasteiger partial charge in [0.25, 0.3) is 0 Å². The zero-order valence-corrected chi connectivity index (χ0v) is 15.5. The maximum Gasteiger partial charge on any atom is 0.245 e. The van der Waals surface area contributed by atoms with Gasteiger partial charge in [0.05, 0.1) is 6.26 Å². The Hall–Kier alpha value is -0.000000000000000111. The zero-order chi connectivity index (χ0) is 15.7. The third kappa shape index (κ3) is 4.49. The molecule has 2 heterocycles. The van der Waals surface area contributed by atoms with Crippen molar-refractivity contribution in [2.24, 2.45) is 5.92 Å². The van der Waals surface area contributed by atoms with Gasteiger partial charge in [0, 0.05) is 34.9 Å². The molecule has 0 radical (unpaired) electrons. The third-order valence-electron chi connectivity index (χ3n) is 3.41. The lowest BCUT2D eigenvalue weighted by molar-refractivity contribution is 0.274. The minimum atomic E-state index is -3.46. The standard InChI is InChI=1S/C11H17BrN2O4S3/c1-20(15,16)13-6-9-2-4-14(5-3-9)21(17,18)11-8-19-7-10(11)12/h7-9,13H,2-6H2,1H3. The first kappa shape index (κ1) is 17.4. The molecule has 1 aliphatic rings. The zero-order valence-electron chi connectivity index (χ0n) is 11.5. The van der Waals surface area contributed by atoms with Gasteiger partial charge in [-0.1, -0.05) is 0 Å². The van der Waals surface area contributed by atoms with Crippen LogP contribution in [0.25, 0.3) is 0 Å². The van der Waals surface area contributed by atoms with Crippen LogP contribution in [0.15, 0.2) is 20.1 Å². The van der Waals surface area contributed by atoms with Gasteiger partial charge in [-0.2, -0.15) is 4.31 Å². The van der Waals surface area contributed by atoms with Crippen molar-refractivity contribution < 1.29 is 16.8 Å². The quantitative estimate of drug-likeness (QED) is 0.787. The van der Waals surface area contributed by atoms with Gasteiger partial charge in [0.1, 0.15) is 4.90 Å². The highest BCUT2D eigenvalue weighted by Gasteiger charge is 2.31. The average Bonchev–Trinajstić information content (AvgIpc) is 2.83. The molecule has 1 fully saturated rings. The summed E-state index contributed by atoms with van der Waals surface area (Å²) in [4.78, 5) is 0.306. The van der Waals surface area contributed by atoms with Crippen molar-refractivity contribution in [3.63, 3.8) is 0 Å². The van der Waals surface area contributed by atoms with E-state index in [-0.39, 0.29) is 5.92 Å². The Morgan fingerprint density at radius 3 is 2.38 bits per heavy atom. The predicted octanol–water partition coefficient (Wildman–Crippen LogP) is 1.46. The fraction of sp³-hybridized carbons (Fsp3) is 0.636. The topological polar surface area (TPSA) is 83.6 Å². The van der Waals surface area contributed by atoms with Crippen molar-refractivity contribution >= 4 is 47.3 Å². The van der Waals surface area contributed by atoms with Crippen LogP contribution in [0.1, 0.15) is 12.8 Å². The van der Waals surface area contributed by atoms with Gasteiger partial charge in [0.2, 0.25) is 20.0 Å². The molecule has 1 aliphatic heterocycles. The highest BCUT2D eigenvalue weighted by Crippen LogP contribution is 2.30. The van der Waals surface area contributed by atoms with E-state index in [0.717, 1.165) is 6.26 Å². The molecule has 0 spiro atoms. The van der Waals surface area contributed by atoms with Crippen molar-refractivity contribution in [2.75, 3.05) is 25.9 Å². The van der Waals surface area contributed by atoms with Crippen molar-refractivity contribution in [1.82, 2.24) is 9.03 Å². The Balaban J connectivity index is 1.97. The second kappa shape index (κ2) is 6.63. The maximum atomic E-state index is 12.5. The van der Waals surface area contributed by atoms with Crippen molar-refractivity contribution in [1.29, 1.82) is 0 Å². The first-order valence-corrected chi connectivity index (χ1v) is 11.4. The summed E-state index contributed by atoms with van der Waals surface area (Å²) in [5, 5.41) is 3.37. The lowest BCUT2D eigenvalue weighted by Crippen LogP contribution is -2.41. The fourth-order valence-corrected chi connectivity index (χ4v) is 6.53. The van der Waals surface area contributed by atoms with Crippen molar-refractivity contribution in [3.8, 4) is 0 Å². The van der Waals surface area contributed by atoms with Crippen LogP contribution in [0, 0.1) is 5.92 Å². The van der Waals surface area contributed by atoms with Gasteiger partial charge in [-0.3, -0.25) is 0 Å². The van der Waals surface area contributed by atoms with Crippen LogP contribution < -0.4 is 4.72 Å². The van der Waals surface area contributed by atoms with Gasteiger partial charge in [-0.15, -0.1) is 11.3 Å². The molecule has 0 aliphatic carbocycles. The van der Waals surface area contributed by atoms with E-state index >= 15 is 0 Å². The number of sulfonamides is 2. The predicted molar refractivity (Wildman–Crippen MR) is 86.3 cm³/mol. The van der Waals surface area contributed by atoms with Crippen LogP contribution in [0.2, 0.25) is 0 Å². The number of nitrogens with one attached hydrogen (secondary N) is 1. The number of thiophene rings is 1. The minimum Gasteiger partial charge on any atom is -0.215 e. The smallest absolute Gasteiger partial charge is 0.215 e. The number of halogens is 1. The summed E-state index contributed by atoms with van der Waals surface area (Å²) < 4.78 is 51.6. The highest BCUT2D eigenvalue weighted by molar-refractivity contribution is 9.10. The molecule has 0 aromatic carbocycles. The summed E-state index contributed by atoms with van der Waals surface area (Å²) in [5.41, 5.74) is 0. The molecule has 0 atom stereocenters. The van der Waals surface area contributed by atoms with E-state index in [4.69, 9.17) is 0 Å². The van der Waals surface area contributed by atoms with Crippen LogP contribution >= 0.6 is 27.3 Å². The van der Waals surface area contributed by atoms with Gasteiger partial charge in [-0.05, 0) is 34.7 Å². The van der Waals surface area contributed by atoms with Gasteiger partial charge >= 0.3 is 0 Å². The molecule has 1 N–H and O–H groups in total. The van der Waals surface area contributed by atoms with Gasteiger partial charge in [-0.25, -0.2) is 21.6 Å². The largest absolute Gasteiger partial charge is 0.245 e. The van der Waals surface area contributed by atoms with E-state index in [9.17, 15) is 16.8 Å². The molecule has 10 heteroatoms. The van der Waals surface area contributed by atoms with Crippen LogP contribution in [0.3, 0.4) is 0 Å². The Morgan fingerprint density at radius 2 is 1.90 bits per heavy atom. The molecule has 1 aromatic heterocycles. The third-order valence-corrected chi connectivity index (χ3v) is 8.15. The Bertz CT molecular complexity index is 691. The second-order valence-corrected chi connectivity index (χ2v) is 10.4. The first-order chi connectivity index (χ1) is 9.70. The van der Waals surface area contributed by atoms with Gasteiger partial charge < -0.3 is 0 Å². The number of hydrogen-bond acceptors (Lipinski definition) is 5. The first-order valence-electron chi connectivity index (χ1n) is 6.36. The van der Waals surface area contributed by atoms with Crippen LogP contribution in [0.4, 0.5) is 0 Å². The molecule has 2 rings (SSSR count). The fourth-order valence-electron chi connectivity index (χ4n) is 2.22. The monoisotopic (exact) mass is 416 g/mol. The molecule has 0 saturated carbocycles. The molecule has 120 valence electrons. The summed E-state index contributed by atoms with van der Waals surface area (Å²) in [5.74, 6) is 0.178. The molecule has 0 unspecified atom stereocenters. The summed E-state index contributed by atoms with van der Waals surface area (Å²) in [6.45, 7) is 1.20. The number of nitrogens with zero attached hydrogens (tertiary/aromatic N) is 1. The number of piperidine rings is 1. The average molecular weight is 417 g/mol. The van der Waals surface area contributed by atoms with E-state index in [1.165, 1.54) is 15.6 Å². The van der Waals surface area contributed by atoms with Crippen LogP contribution in [-0.4, -0.2) is 47.0 Å². The minimum absolute atomic E-state index is 0.178. The lowest BCUT2D eigenvalue weighted by Gasteiger charge is -2.31. The molecule has 1 saturated heterocycles.